The molecule has 0 spiro atoms. The number of benzene rings is 1. The maximum atomic E-state index is 5.41. The Balaban J connectivity index is 2.81. The molecule has 0 aliphatic rings. The van der Waals surface area contributed by atoms with Crippen molar-refractivity contribution in [3.05, 3.63) is 23.3 Å². The van der Waals surface area contributed by atoms with Crippen molar-refractivity contribution in [2.75, 3.05) is 19.0 Å². The summed E-state index contributed by atoms with van der Waals surface area (Å²) >= 11 is 0. The fraction of sp³-hybridized carbons (Fsp3) is 0.571. The number of nitrogens with one attached hydrogen (secondary N) is 1. The highest BCUT2D eigenvalue weighted by molar-refractivity contribution is 5.59. The van der Waals surface area contributed by atoms with Crippen LogP contribution in [-0.4, -0.2) is 13.7 Å². The molecule has 1 rings (SSSR count). The molecule has 0 fully saturated rings. The van der Waals surface area contributed by atoms with Crippen LogP contribution in [0.25, 0.3) is 0 Å². The van der Waals surface area contributed by atoms with Crippen LogP contribution in [0.1, 0.15) is 31.4 Å². The molecule has 2 nitrogen and oxygen atoms in total. The molecule has 0 heterocycles. The highest BCUT2D eigenvalue weighted by Gasteiger charge is 2.08. The van der Waals surface area contributed by atoms with Crippen LogP contribution in [0.3, 0.4) is 0 Å². The van der Waals surface area contributed by atoms with Crippen molar-refractivity contribution in [3.63, 3.8) is 0 Å². The molecule has 0 radical (unpaired) electrons. The topological polar surface area (TPSA) is 21.3 Å². The Hall–Kier alpha value is -1.18. The Bertz CT molecular complexity index is 347. The van der Waals surface area contributed by atoms with Gasteiger partial charge in [-0.15, -0.1) is 0 Å². The van der Waals surface area contributed by atoms with Crippen LogP contribution in [0.4, 0.5) is 5.69 Å². The molecule has 0 saturated heterocycles. The first kappa shape index (κ1) is 12.9. The number of ether oxygens (including phenoxy) is 1. The largest absolute Gasteiger partial charge is 0.496 e. The molecule has 0 amide bonds. The van der Waals surface area contributed by atoms with Gasteiger partial charge in [-0.25, -0.2) is 0 Å². The van der Waals surface area contributed by atoms with E-state index in [1.807, 2.05) is 0 Å². The summed E-state index contributed by atoms with van der Waals surface area (Å²) in [5.41, 5.74) is 3.57. The van der Waals surface area contributed by atoms with Gasteiger partial charge in [0.05, 0.1) is 7.11 Å². The molecule has 1 N–H and O–H groups in total. The molecule has 90 valence electrons. The molecule has 0 aliphatic carbocycles. The lowest BCUT2D eigenvalue weighted by Crippen LogP contribution is -2.11. The van der Waals surface area contributed by atoms with Crippen LogP contribution in [-0.2, 0) is 0 Å². The maximum absolute atomic E-state index is 5.41. The van der Waals surface area contributed by atoms with Crippen LogP contribution in [0.5, 0.6) is 5.75 Å². The maximum Gasteiger partial charge on any atom is 0.126 e. The fourth-order valence-corrected chi connectivity index (χ4v) is 1.76. The minimum Gasteiger partial charge on any atom is -0.496 e. The lowest BCUT2D eigenvalue weighted by Gasteiger charge is -2.16. The van der Waals surface area contributed by atoms with Crippen molar-refractivity contribution in [2.24, 2.45) is 5.92 Å². The number of rotatable bonds is 5. The predicted molar refractivity (Wildman–Crippen MR) is 70.4 cm³/mol. The third kappa shape index (κ3) is 2.91. The summed E-state index contributed by atoms with van der Waals surface area (Å²) in [6, 6.07) is 4.24. The second-order valence-electron chi connectivity index (χ2n) is 4.48. The lowest BCUT2D eigenvalue weighted by atomic mass is 10.1. The minimum absolute atomic E-state index is 0.701. The Morgan fingerprint density at radius 2 is 2.00 bits per heavy atom. The van der Waals surface area contributed by atoms with E-state index in [1.165, 1.54) is 23.2 Å². The van der Waals surface area contributed by atoms with Gasteiger partial charge in [-0.05, 0) is 31.4 Å². The number of anilines is 1. The molecule has 0 saturated carbocycles. The average Bonchev–Trinajstić information content (AvgIpc) is 2.28. The zero-order valence-corrected chi connectivity index (χ0v) is 11.1. The van der Waals surface area contributed by atoms with Gasteiger partial charge < -0.3 is 10.1 Å². The lowest BCUT2D eigenvalue weighted by molar-refractivity contribution is 0.409. The number of hydrogen-bond donors (Lipinski definition) is 1. The summed E-state index contributed by atoms with van der Waals surface area (Å²) in [6.07, 6.45) is 1.20. The number of methoxy groups -OCH3 is 1. The van der Waals surface area contributed by atoms with Gasteiger partial charge in [0, 0.05) is 17.8 Å². The Kier molecular flexibility index (Phi) is 4.66. The molecule has 1 aromatic carbocycles. The highest BCUT2D eigenvalue weighted by atomic mass is 16.5. The first-order chi connectivity index (χ1) is 7.60. The highest BCUT2D eigenvalue weighted by Crippen LogP contribution is 2.29. The summed E-state index contributed by atoms with van der Waals surface area (Å²) in [4.78, 5) is 0. The van der Waals surface area contributed by atoms with E-state index in [1.54, 1.807) is 7.11 Å². The van der Waals surface area contributed by atoms with E-state index in [4.69, 9.17) is 4.74 Å². The summed E-state index contributed by atoms with van der Waals surface area (Å²) in [7, 11) is 1.73. The first-order valence-corrected chi connectivity index (χ1v) is 5.98. The van der Waals surface area contributed by atoms with Crippen molar-refractivity contribution in [3.8, 4) is 5.75 Å². The second kappa shape index (κ2) is 5.78. The zero-order chi connectivity index (χ0) is 12.1. The second-order valence-corrected chi connectivity index (χ2v) is 4.48. The van der Waals surface area contributed by atoms with Crippen LogP contribution in [0.15, 0.2) is 12.1 Å². The van der Waals surface area contributed by atoms with E-state index < -0.39 is 0 Å². The van der Waals surface area contributed by atoms with Crippen molar-refractivity contribution >= 4 is 5.69 Å². The van der Waals surface area contributed by atoms with Gasteiger partial charge in [0.1, 0.15) is 5.75 Å². The molecule has 0 bridgehead atoms. The van der Waals surface area contributed by atoms with Crippen LogP contribution in [0, 0.1) is 19.8 Å². The predicted octanol–water partition coefficient (Wildman–Crippen LogP) is 3.77. The summed E-state index contributed by atoms with van der Waals surface area (Å²) < 4.78 is 5.41. The van der Waals surface area contributed by atoms with Crippen molar-refractivity contribution in [1.82, 2.24) is 0 Å². The Morgan fingerprint density at radius 3 is 2.56 bits per heavy atom. The van der Waals surface area contributed by atoms with Crippen molar-refractivity contribution < 1.29 is 4.74 Å². The van der Waals surface area contributed by atoms with E-state index in [0.29, 0.717) is 5.92 Å². The van der Waals surface area contributed by atoms with E-state index in [2.05, 4.69) is 45.1 Å². The van der Waals surface area contributed by atoms with Crippen LogP contribution in [0.2, 0.25) is 0 Å². The smallest absolute Gasteiger partial charge is 0.126 e. The number of aryl methyl sites for hydroxylation is 1. The van der Waals surface area contributed by atoms with E-state index in [9.17, 15) is 0 Å². The monoisotopic (exact) mass is 221 g/mol. The Labute approximate surface area is 99.0 Å². The zero-order valence-electron chi connectivity index (χ0n) is 11.1. The van der Waals surface area contributed by atoms with Gasteiger partial charge in [0.15, 0.2) is 0 Å². The minimum atomic E-state index is 0.701. The SMILES string of the molecule is CCC(C)CNc1ccc(C)c(OC)c1C. The fourth-order valence-electron chi connectivity index (χ4n) is 1.76. The molecular weight excluding hydrogens is 198 g/mol. The molecule has 0 aliphatic heterocycles. The quantitative estimate of drug-likeness (QED) is 0.817. The standard InChI is InChI=1S/C14H23NO/c1-6-10(2)9-15-13-8-7-11(3)14(16-5)12(13)4/h7-8,10,15H,6,9H2,1-5H3. The molecular formula is C14H23NO. The van der Waals surface area contributed by atoms with Gasteiger partial charge in [-0.2, -0.15) is 0 Å². The first-order valence-electron chi connectivity index (χ1n) is 5.98. The van der Waals surface area contributed by atoms with E-state index in [-0.39, 0.29) is 0 Å². The average molecular weight is 221 g/mol. The van der Waals surface area contributed by atoms with Gasteiger partial charge in [-0.3, -0.25) is 0 Å². The van der Waals surface area contributed by atoms with Crippen molar-refractivity contribution in [2.45, 2.75) is 34.1 Å². The van der Waals surface area contributed by atoms with Crippen molar-refractivity contribution in [1.29, 1.82) is 0 Å². The Morgan fingerprint density at radius 1 is 1.31 bits per heavy atom. The summed E-state index contributed by atoms with van der Waals surface area (Å²) in [5, 5.41) is 3.49. The molecule has 1 aromatic rings. The van der Waals surface area contributed by atoms with E-state index >= 15 is 0 Å². The molecule has 2 heteroatoms. The van der Waals surface area contributed by atoms with Crippen LogP contribution < -0.4 is 10.1 Å². The number of hydrogen-bond acceptors (Lipinski definition) is 2. The van der Waals surface area contributed by atoms with Gasteiger partial charge in [0.2, 0.25) is 0 Å². The van der Waals surface area contributed by atoms with Crippen LogP contribution >= 0.6 is 0 Å². The summed E-state index contributed by atoms with van der Waals surface area (Å²) in [5.74, 6) is 1.70. The molecule has 16 heavy (non-hydrogen) atoms. The van der Waals surface area contributed by atoms with Gasteiger partial charge in [-0.1, -0.05) is 26.3 Å². The summed E-state index contributed by atoms with van der Waals surface area (Å²) in [6.45, 7) is 9.67. The molecule has 1 atom stereocenters. The van der Waals surface area contributed by atoms with Gasteiger partial charge in [0.25, 0.3) is 0 Å². The third-order valence-electron chi connectivity index (χ3n) is 3.14. The molecule has 0 aromatic heterocycles. The van der Waals surface area contributed by atoms with E-state index in [0.717, 1.165) is 12.3 Å². The van der Waals surface area contributed by atoms with Gasteiger partial charge >= 0.3 is 0 Å². The third-order valence-corrected chi connectivity index (χ3v) is 3.14. The molecule has 1 unspecified atom stereocenters. The normalized spacial score (nSPS) is 12.3.